The summed E-state index contributed by atoms with van der Waals surface area (Å²) in [5.74, 6) is 0. The molecule has 0 saturated carbocycles. The fourth-order valence-electron chi connectivity index (χ4n) is 2.92. The Morgan fingerprint density at radius 1 is 0.893 bits per heavy atom. The van der Waals surface area contributed by atoms with Gasteiger partial charge in [-0.1, -0.05) is 29.8 Å². The molecular weight excluding hydrogens is 376 g/mol. The third-order valence-electron chi connectivity index (χ3n) is 3.98. The highest BCUT2D eigenvalue weighted by atomic mass is 32.2. The van der Waals surface area contributed by atoms with E-state index in [0.717, 1.165) is 5.56 Å². The maximum absolute atomic E-state index is 12.8. The molecule has 154 valence electrons. The maximum atomic E-state index is 12.8. The summed E-state index contributed by atoms with van der Waals surface area (Å²) < 4.78 is 28.3. The number of rotatable bonds is 8. The first-order valence-corrected chi connectivity index (χ1v) is 10.6. The van der Waals surface area contributed by atoms with Gasteiger partial charge in [-0.2, -0.15) is 0 Å². The van der Waals surface area contributed by atoms with Crippen molar-refractivity contribution >= 4 is 21.4 Å². The molecule has 0 aromatic heterocycles. The number of aryl methyl sites for hydroxylation is 1. The van der Waals surface area contributed by atoms with E-state index in [4.69, 9.17) is 0 Å². The standard InChI is InChI=1S/C21H30N2O4S/c1-16-10-12-17(13-11-16)28(26,27)22-18-8-6-7-9-19(18)23(14-20(2,3)24)15-21(4,5)25/h6-13,22,24-25H,14-15H2,1-5H3. The summed E-state index contributed by atoms with van der Waals surface area (Å²) in [6, 6.07) is 13.6. The van der Waals surface area contributed by atoms with Gasteiger partial charge < -0.3 is 15.1 Å². The number of nitrogens with one attached hydrogen (secondary N) is 1. The van der Waals surface area contributed by atoms with Gasteiger partial charge in [0.25, 0.3) is 10.0 Å². The molecule has 2 aromatic rings. The lowest BCUT2D eigenvalue weighted by Gasteiger charge is -2.36. The van der Waals surface area contributed by atoms with Crippen LogP contribution in [0, 0.1) is 6.92 Å². The summed E-state index contributed by atoms with van der Waals surface area (Å²) >= 11 is 0. The monoisotopic (exact) mass is 406 g/mol. The van der Waals surface area contributed by atoms with E-state index in [2.05, 4.69) is 4.72 Å². The van der Waals surface area contributed by atoms with Crippen molar-refractivity contribution in [3.05, 3.63) is 54.1 Å². The van der Waals surface area contributed by atoms with Crippen LogP contribution in [0.2, 0.25) is 0 Å². The Morgan fingerprint density at radius 3 is 1.89 bits per heavy atom. The zero-order chi connectivity index (χ0) is 21.2. The van der Waals surface area contributed by atoms with Crippen LogP contribution >= 0.6 is 0 Å². The van der Waals surface area contributed by atoms with E-state index in [-0.39, 0.29) is 18.0 Å². The van der Waals surface area contributed by atoms with Crippen molar-refractivity contribution in [3.8, 4) is 0 Å². The Kier molecular flexibility index (Phi) is 6.43. The SMILES string of the molecule is Cc1ccc(S(=O)(=O)Nc2ccccc2N(CC(C)(C)O)CC(C)(C)O)cc1. The molecule has 2 rings (SSSR count). The van der Waals surface area contributed by atoms with E-state index < -0.39 is 21.2 Å². The first-order chi connectivity index (χ1) is 12.8. The highest BCUT2D eigenvalue weighted by Gasteiger charge is 2.26. The van der Waals surface area contributed by atoms with Crippen molar-refractivity contribution in [3.63, 3.8) is 0 Å². The molecule has 6 nitrogen and oxygen atoms in total. The molecule has 0 unspecified atom stereocenters. The Balaban J connectivity index is 2.42. The molecule has 3 N–H and O–H groups in total. The van der Waals surface area contributed by atoms with Crippen LogP contribution in [-0.2, 0) is 10.0 Å². The average Bonchev–Trinajstić information content (AvgIpc) is 2.52. The van der Waals surface area contributed by atoms with Crippen LogP contribution in [0.1, 0.15) is 33.3 Å². The largest absolute Gasteiger partial charge is 0.389 e. The van der Waals surface area contributed by atoms with Gasteiger partial charge in [-0.25, -0.2) is 8.42 Å². The molecular formula is C21H30N2O4S. The molecule has 0 saturated heterocycles. The second kappa shape index (κ2) is 8.11. The van der Waals surface area contributed by atoms with Gasteiger partial charge in [0, 0.05) is 13.1 Å². The smallest absolute Gasteiger partial charge is 0.261 e. The fourth-order valence-corrected chi connectivity index (χ4v) is 3.99. The van der Waals surface area contributed by atoms with E-state index >= 15 is 0 Å². The zero-order valence-electron chi connectivity index (χ0n) is 17.1. The van der Waals surface area contributed by atoms with Gasteiger partial charge in [0.2, 0.25) is 0 Å². The minimum absolute atomic E-state index is 0.171. The van der Waals surface area contributed by atoms with Crippen LogP contribution in [0.25, 0.3) is 0 Å². The molecule has 0 aliphatic heterocycles. The quantitative estimate of drug-likeness (QED) is 0.627. The lowest BCUT2D eigenvalue weighted by Crippen LogP contribution is -2.46. The van der Waals surface area contributed by atoms with E-state index in [0.29, 0.717) is 11.4 Å². The average molecular weight is 407 g/mol. The Morgan fingerprint density at radius 2 is 1.39 bits per heavy atom. The molecule has 0 aliphatic rings. The van der Waals surface area contributed by atoms with Crippen molar-refractivity contribution < 1.29 is 18.6 Å². The number of sulfonamides is 1. The second-order valence-corrected chi connectivity index (χ2v) is 10.1. The minimum Gasteiger partial charge on any atom is -0.389 e. The summed E-state index contributed by atoms with van der Waals surface area (Å²) in [7, 11) is -3.78. The Hall–Kier alpha value is -2.09. The van der Waals surface area contributed by atoms with Crippen molar-refractivity contribution in [1.82, 2.24) is 0 Å². The third-order valence-corrected chi connectivity index (χ3v) is 5.36. The topological polar surface area (TPSA) is 89.9 Å². The van der Waals surface area contributed by atoms with Gasteiger partial charge in [0.15, 0.2) is 0 Å². The summed E-state index contributed by atoms with van der Waals surface area (Å²) in [6.07, 6.45) is 0. The van der Waals surface area contributed by atoms with Crippen LogP contribution in [0.4, 0.5) is 11.4 Å². The van der Waals surface area contributed by atoms with Crippen LogP contribution in [0.5, 0.6) is 0 Å². The predicted octanol–water partition coefficient (Wildman–Crippen LogP) is 3.14. The van der Waals surface area contributed by atoms with E-state index in [1.54, 1.807) is 81.1 Å². The van der Waals surface area contributed by atoms with Crippen molar-refractivity contribution in [2.24, 2.45) is 0 Å². The molecule has 0 aliphatic carbocycles. The number of benzene rings is 2. The predicted molar refractivity (Wildman–Crippen MR) is 113 cm³/mol. The van der Waals surface area contributed by atoms with Crippen LogP contribution in [-0.4, -0.2) is 42.9 Å². The van der Waals surface area contributed by atoms with E-state index in [9.17, 15) is 18.6 Å². The van der Waals surface area contributed by atoms with E-state index in [1.165, 1.54) is 0 Å². The minimum atomic E-state index is -3.78. The number of aliphatic hydroxyl groups is 2. The molecule has 7 heteroatoms. The molecule has 0 radical (unpaired) electrons. The van der Waals surface area contributed by atoms with Gasteiger partial charge in [0.05, 0.1) is 27.5 Å². The summed E-state index contributed by atoms with van der Waals surface area (Å²) in [4.78, 5) is 1.96. The number of para-hydroxylation sites is 2. The number of hydrogen-bond acceptors (Lipinski definition) is 5. The van der Waals surface area contributed by atoms with Crippen molar-refractivity contribution in [2.75, 3.05) is 22.7 Å². The fraction of sp³-hybridized carbons (Fsp3) is 0.429. The van der Waals surface area contributed by atoms with Gasteiger partial charge in [-0.3, -0.25) is 4.72 Å². The van der Waals surface area contributed by atoms with Crippen LogP contribution in [0.3, 0.4) is 0 Å². The normalized spacial score (nSPS) is 12.7. The first-order valence-electron chi connectivity index (χ1n) is 9.15. The first kappa shape index (κ1) is 22.2. The lowest BCUT2D eigenvalue weighted by atomic mass is 10.0. The van der Waals surface area contributed by atoms with Crippen LogP contribution < -0.4 is 9.62 Å². The lowest BCUT2D eigenvalue weighted by molar-refractivity contribution is 0.0658. The number of hydrogen-bond donors (Lipinski definition) is 3. The molecule has 0 fully saturated rings. The molecule has 0 atom stereocenters. The molecule has 2 aromatic carbocycles. The van der Waals surface area contributed by atoms with Gasteiger partial charge in [0.1, 0.15) is 0 Å². The second-order valence-electron chi connectivity index (χ2n) is 8.42. The number of nitrogens with zero attached hydrogens (tertiary/aromatic N) is 1. The highest BCUT2D eigenvalue weighted by molar-refractivity contribution is 7.92. The zero-order valence-corrected chi connectivity index (χ0v) is 17.9. The third kappa shape index (κ3) is 6.51. The highest BCUT2D eigenvalue weighted by Crippen LogP contribution is 2.30. The van der Waals surface area contributed by atoms with Gasteiger partial charge in [-0.05, 0) is 58.9 Å². The van der Waals surface area contributed by atoms with Gasteiger partial charge in [-0.15, -0.1) is 0 Å². The molecule has 28 heavy (non-hydrogen) atoms. The van der Waals surface area contributed by atoms with Gasteiger partial charge >= 0.3 is 0 Å². The molecule has 0 amide bonds. The van der Waals surface area contributed by atoms with Crippen molar-refractivity contribution in [1.29, 1.82) is 0 Å². The molecule has 0 heterocycles. The molecule has 0 bridgehead atoms. The number of anilines is 2. The van der Waals surface area contributed by atoms with E-state index in [1.807, 2.05) is 6.92 Å². The van der Waals surface area contributed by atoms with Crippen LogP contribution in [0.15, 0.2) is 53.4 Å². The summed E-state index contributed by atoms with van der Waals surface area (Å²) in [5.41, 5.74) is -0.123. The summed E-state index contributed by atoms with van der Waals surface area (Å²) in [6.45, 7) is 9.02. The summed E-state index contributed by atoms with van der Waals surface area (Å²) in [5, 5.41) is 20.6. The Bertz CT molecular complexity index is 879. The van der Waals surface area contributed by atoms with Crippen molar-refractivity contribution in [2.45, 2.75) is 50.7 Å². The maximum Gasteiger partial charge on any atom is 0.261 e. The molecule has 0 spiro atoms. The Labute approximate surface area is 167 Å².